The molecule has 1 aliphatic heterocycles. The maximum Gasteiger partial charge on any atom is 0.421 e. The Labute approximate surface area is 236 Å². The van der Waals surface area contributed by atoms with Crippen molar-refractivity contribution in [2.24, 2.45) is 13.0 Å². The Balaban J connectivity index is 1.62. The van der Waals surface area contributed by atoms with E-state index in [0.717, 1.165) is 41.1 Å². The summed E-state index contributed by atoms with van der Waals surface area (Å²) < 4.78 is 29.5. The zero-order valence-electron chi connectivity index (χ0n) is 24.3. The first kappa shape index (κ1) is 27.0. The van der Waals surface area contributed by atoms with Gasteiger partial charge in [0.15, 0.2) is 5.82 Å². The van der Waals surface area contributed by atoms with Crippen molar-refractivity contribution in [2.75, 3.05) is 12.0 Å². The highest BCUT2D eigenvalue weighted by Gasteiger charge is 2.49. The number of nitrogens with zero attached hydrogens (tertiary/aromatic N) is 4. The Morgan fingerprint density at radius 2 is 1.83 bits per heavy atom. The molecule has 1 aliphatic carbocycles. The molecule has 0 spiro atoms. The lowest BCUT2D eigenvalue weighted by molar-refractivity contribution is -0.121. The monoisotopic (exact) mass is 560 g/mol. The highest BCUT2D eigenvalue weighted by atomic mass is 19.1. The van der Waals surface area contributed by atoms with Crippen molar-refractivity contribution in [3.8, 4) is 11.5 Å². The van der Waals surface area contributed by atoms with E-state index in [9.17, 15) is 14.4 Å². The maximum absolute atomic E-state index is 15.3. The lowest BCUT2D eigenvalue weighted by Gasteiger charge is -2.25. The highest BCUT2D eigenvalue weighted by molar-refractivity contribution is 6.25. The standard InChI is InChI=1S/C31H33FN4O5/c1-30(2,3)41-29(39)36-24-19(31(4,5)28(36)38)11-10-17-14-22(35(23(17)24)15-16-8-9-16)26-33-21-13-18(27(37)40-7)12-20(32)25(21)34(26)6/h10-14,16H,8-9,15H2,1-7H3. The Bertz CT molecular complexity index is 1790. The van der Waals surface area contributed by atoms with Crippen LogP contribution in [0, 0.1) is 11.7 Å². The van der Waals surface area contributed by atoms with Gasteiger partial charge in [-0.25, -0.2) is 23.9 Å². The molecule has 2 aliphatic rings. The summed E-state index contributed by atoms with van der Waals surface area (Å²) in [6.07, 6.45) is 1.41. The maximum atomic E-state index is 15.3. The van der Waals surface area contributed by atoms with Crippen LogP contribution in [0.4, 0.5) is 14.9 Å². The van der Waals surface area contributed by atoms with Crippen molar-refractivity contribution in [1.82, 2.24) is 14.1 Å². The average molecular weight is 561 g/mol. The SMILES string of the molecule is COC(=O)c1cc(F)c2c(c1)nc(-c1cc3ccc4c(c3n1CC1CC1)N(C(=O)OC(C)(C)C)C(=O)C4(C)C)n2C. The van der Waals surface area contributed by atoms with Gasteiger partial charge in [0.05, 0.1) is 40.5 Å². The van der Waals surface area contributed by atoms with E-state index in [2.05, 4.69) is 4.57 Å². The van der Waals surface area contributed by atoms with E-state index >= 15 is 4.39 Å². The number of ether oxygens (including phenoxy) is 2. The van der Waals surface area contributed by atoms with Gasteiger partial charge in [0, 0.05) is 19.0 Å². The van der Waals surface area contributed by atoms with E-state index in [1.807, 2.05) is 32.0 Å². The van der Waals surface area contributed by atoms with Gasteiger partial charge < -0.3 is 18.6 Å². The molecule has 0 saturated heterocycles. The average Bonchev–Trinajstić information content (AvgIpc) is 3.49. The molecule has 0 radical (unpaired) electrons. The number of fused-ring (bicyclic) bond motifs is 4. The fourth-order valence-electron chi connectivity index (χ4n) is 5.74. The second-order valence-electron chi connectivity index (χ2n) is 12.5. The molecule has 214 valence electrons. The van der Waals surface area contributed by atoms with Gasteiger partial charge in [-0.1, -0.05) is 12.1 Å². The minimum absolute atomic E-state index is 0.0761. The molecule has 9 nitrogen and oxygen atoms in total. The van der Waals surface area contributed by atoms with Gasteiger partial charge in [-0.05, 0) is 77.1 Å². The van der Waals surface area contributed by atoms with Crippen LogP contribution in [0.5, 0.6) is 0 Å². The first-order valence-electron chi connectivity index (χ1n) is 13.7. The first-order valence-corrected chi connectivity index (χ1v) is 13.7. The summed E-state index contributed by atoms with van der Waals surface area (Å²) in [6.45, 7) is 9.57. The third-order valence-corrected chi connectivity index (χ3v) is 7.96. The Kier molecular flexibility index (Phi) is 5.85. The zero-order chi connectivity index (χ0) is 29.6. The predicted molar refractivity (Wildman–Crippen MR) is 152 cm³/mol. The molecule has 4 aromatic rings. The number of esters is 1. The van der Waals surface area contributed by atoms with Crippen molar-refractivity contribution >= 4 is 45.6 Å². The number of halogens is 1. The van der Waals surface area contributed by atoms with Gasteiger partial charge >= 0.3 is 12.1 Å². The van der Waals surface area contributed by atoms with Gasteiger partial charge in [0.1, 0.15) is 16.9 Å². The first-order chi connectivity index (χ1) is 19.2. The number of hydrogen-bond acceptors (Lipinski definition) is 6. The Morgan fingerprint density at radius 3 is 2.46 bits per heavy atom. The number of carbonyl (C=O) groups excluding carboxylic acids is 3. The summed E-state index contributed by atoms with van der Waals surface area (Å²) in [4.78, 5) is 45.3. The number of anilines is 1. The highest BCUT2D eigenvalue weighted by Crippen LogP contribution is 2.48. The molecule has 2 aromatic carbocycles. The van der Waals surface area contributed by atoms with Crippen LogP contribution in [0.2, 0.25) is 0 Å². The fraction of sp³-hybridized carbons (Fsp3) is 0.419. The second kappa shape index (κ2) is 8.89. The smallest absolute Gasteiger partial charge is 0.421 e. The summed E-state index contributed by atoms with van der Waals surface area (Å²) in [6, 6.07) is 8.47. The number of rotatable bonds is 4. The van der Waals surface area contributed by atoms with Crippen LogP contribution in [-0.2, 0) is 33.3 Å². The topological polar surface area (TPSA) is 95.7 Å². The molecule has 10 heteroatoms. The number of methoxy groups -OCH3 is 1. The molecule has 1 saturated carbocycles. The molecule has 41 heavy (non-hydrogen) atoms. The van der Waals surface area contributed by atoms with Gasteiger partial charge in [0.2, 0.25) is 5.91 Å². The van der Waals surface area contributed by atoms with Crippen LogP contribution in [0.15, 0.2) is 30.3 Å². The summed E-state index contributed by atoms with van der Waals surface area (Å²) in [5, 5.41) is 0.821. The minimum atomic E-state index is -0.944. The third-order valence-electron chi connectivity index (χ3n) is 7.96. The van der Waals surface area contributed by atoms with Crippen LogP contribution in [0.1, 0.15) is 63.4 Å². The second-order valence-corrected chi connectivity index (χ2v) is 12.5. The van der Waals surface area contributed by atoms with E-state index in [1.54, 1.807) is 32.4 Å². The van der Waals surface area contributed by atoms with Crippen molar-refractivity contribution < 1.29 is 28.2 Å². The van der Waals surface area contributed by atoms with Crippen LogP contribution in [-0.4, -0.2) is 44.8 Å². The van der Waals surface area contributed by atoms with Gasteiger partial charge in [-0.15, -0.1) is 0 Å². The Morgan fingerprint density at radius 1 is 1.12 bits per heavy atom. The van der Waals surface area contributed by atoms with E-state index in [0.29, 0.717) is 29.5 Å². The lowest BCUT2D eigenvalue weighted by Crippen LogP contribution is -2.43. The largest absolute Gasteiger partial charge is 0.465 e. The lowest BCUT2D eigenvalue weighted by atomic mass is 9.86. The molecule has 0 bridgehead atoms. The molecule has 2 aromatic heterocycles. The van der Waals surface area contributed by atoms with Crippen LogP contribution >= 0.6 is 0 Å². The van der Waals surface area contributed by atoms with Crippen LogP contribution in [0.3, 0.4) is 0 Å². The van der Waals surface area contributed by atoms with Crippen LogP contribution in [0.25, 0.3) is 33.5 Å². The molecule has 6 rings (SSSR count). The number of amides is 2. The number of aryl methyl sites for hydroxylation is 1. The number of aromatic nitrogens is 3. The van der Waals surface area contributed by atoms with E-state index in [1.165, 1.54) is 18.1 Å². The summed E-state index contributed by atoms with van der Waals surface area (Å²) in [7, 11) is 2.98. The molecule has 1 fully saturated rings. The van der Waals surface area contributed by atoms with Gasteiger partial charge in [-0.3, -0.25) is 4.79 Å². The number of imide groups is 1. The van der Waals surface area contributed by atoms with Crippen molar-refractivity contribution in [3.63, 3.8) is 0 Å². The number of hydrogen-bond donors (Lipinski definition) is 0. The quantitative estimate of drug-likeness (QED) is 0.280. The summed E-state index contributed by atoms with van der Waals surface area (Å²) >= 11 is 0. The fourth-order valence-corrected chi connectivity index (χ4v) is 5.74. The predicted octanol–water partition coefficient (Wildman–Crippen LogP) is 6.09. The number of carbonyl (C=O) groups is 3. The molecule has 3 heterocycles. The third kappa shape index (κ3) is 4.19. The molecule has 0 unspecified atom stereocenters. The van der Waals surface area contributed by atoms with Gasteiger partial charge in [-0.2, -0.15) is 0 Å². The minimum Gasteiger partial charge on any atom is -0.465 e. The van der Waals surface area contributed by atoms with Crippen LogP contribution < -0.4 is 4.90 Å². The summed E-state index contributed by atoms with van der Waals surface area (Å²) in [5.74, 6) is -0.657. The van der Waals surface area contributed by atoms with E-state index in [4.69, 9.17) is 14.5 Å². The molecular weight excluding hydrogens is 527 g/mol. The van der Waals surface area contributed by atoms with E-state index in [-0.39, 0.29) is 17.0 Å². The molecule has 2 amide bonds. The van der Waals surface area contributed by atoms with Crippen molar-refractivity contribution in [3.05, 3.63) is 47.3 Å². The molecule has 0 N–H and O–H groups in total. The molecule has 0 atom stereocenters. The van der Waals surface area contributed by atoms with Gasteiger partial charge in [0.25, 0.3) is 0 Å². The Hall–Kier alpha value is -4.21. The van der Waals surface area contributed by atoms with Crippen molar-refractivity contribution in [2.45, 2.75) is 65.0 Å². The number of benzene rings is 2. The summed E-state index contributed by atoms with van der Waals surface area (Å²) in [5.41, 5.74) is 1.62. The molecular formula is C31H33FN4O5. The normalized spacial score (nSPS) is 16.5. The van der Waals surface area contributed by atoms with Crippen molar-refractivity contribution in [1.29, 1.82) is 0 Å². The zero-order valence-corrected chi connectivity index (χ0v) is 24.3. The number of imidazole rings is 1. The van der Waals surface area contributed by atoms with E-state index < -0.39 is 28.9 Å².